The molecule has 0 rings (SSSR count). The Morgan fingerprint density at radius 3 is 2.14 bits per heavy atom. The lowest BCUT2D eigenvalue weighted by atomic mass is 9.97. The third-order valence-electron chi connectivity index (χ3n) is 2.28. The van der Waals surface area contributed by atoms with Crippen molar-refractivity contribution >= 4 is 5.91 Å². The number of rotatable bonds is 6. The summed E-state index contributed by atoms with van der Waals surface area (Å²) in [6, 6.07) is 0. The average molecular weight is 203 g/mol. The van der Waals surface area contributed by atoms with Crippen LogP contribution in [-0.2, 0) is 4.79 Å². The van der Waals surface area contributed by atoms with Gasteiger partial charge in [-0.3, -0.25) is 4.79 Å². The van der Waals surface area contributed by atoms with Crippen LogP contribution in [0.25, 0.3) is 0 Å². The average Bonchev–Trinajstić information content (AvgIpc) is 2.13. The number of carbonyl (C=O) groups excluding carboxylic acids is 1. The number of hydrogen-bond donors (Lipinski definition) is 3. The molecule has 1 amide bonds. The van der Waals surface area contributed by atoms with E-state index >= 15 is 0 Å². The topological polar surface area (TPSA) is 69.6 Å². The van der Waals surface area contributed by atoms with E-state index in [0.717, 1.165) is 0 Å². The molecule has 0 unspecified atom stereocenters. The summed E-state index contributed by atoms with van der Waals surface area (Å²) in [5.74, 6) is 0.159. The standard InChI is InChI=1S/C10H21NO3/c1-4-10(6-12,7-13)11-9(14)5-8(2)3/h8,12-13H,4-7H2,1-3H3,(H,11,14). The van der Waals surface area contributed by atoms with Gasteiger partial charge < -0.3 is 15.5 Å². The third kappa shape index (κ3) is 4.07. The minimum absolute atomic E-state index is 0.120. The van der Waals surface area contributed by atoms with E-state index in [4.69, 9.17) is 10.2 Å². The molecule has 84 valence electrons. The highest BCUT2D eigenvalue weighted by molar-refractivity contribution is 5.77. The Hall–Kier alpha value is -0.610. The van der Waals surface area contributed by atoms with Gasteiger partial charge in [0, 0.05) is 6.42 Å². The zero-order valence-corrected chi connectivity index (χ0v) is 9.21. The molecule has 0 saturated carbocycles. The van der Waals surface area contributed by atoms with E-state index in [2.05, 4.69) is 5.32 Å². The Labute approximate surface area is 85.3 Å². The minimum atomic E-state index is -0.855. The molecule has 0 aromatic heterocycles. The van der Waals surface area contributed by atoms with E-state index in [1.165, 1.54) is 0 Å². The summed E-state index contributed by atoms with van der Waals surface area (Å²) >= 11 is 0. The maximum atomic E-state index is 11.4. The fourth-order valence-corrected chi connectivity index (χ4v) is 1.16. The molecular formula is C10H21NO3. The molecule has 0 atom stereocenters. The van der Waals surface area contributed by atoms with Gasteiger partial charge in [0.05, 0.1) is 18.8 Å². The van der Waals surface area contributed by atoms with E-state index in [9.17, 15) is 4.79 Å². The lowest BCUT2D eigenvalue weighted by Gasteiger charge is -2.30. The zero-order chi connectivity index (χ0) is 11.2. The molecular weight excluding hydrogens is 182 g/mol. The van der Waals surface area contributed by atoms with Crippen LogP contribution in [0.15, 0.2) is 0 Å². The number of carbonyl (C=O) groups is 1. The largest absolute Gasteiger partial charge is 0.394 e. The molecule has 0 aromatic rings. The first-order valence-electron chi connectivity index (χ1n) is 5.02. The van der Waals surface area contributed by atoms with E-state index in [0.29, 0.717) is 12.8 Å². The molecule has 4 nitrogen and oxygen atoms in total. The monoisotopic (exact) mass is 203 g/mol. The molecule has 0 bridgehead atoms. The predicted octanol–water partition coefficient (Wildman–Crippen LogP) is 0.282. The first-order valence-corrected chi connectivity index (χ1v) is 5.02. The molecule has 14 heavy (non-hydrogen) atoms. The van der Waals surface area contributed by atoms with Gasteiger partial charge in [0.25, 0.3) is 0 Å². The van der Waals surface area contributed by atoms with Crippen LogP contribution in [0.4, 0.5) is 0 Å². The van der Waals surface area contributed by atoms with Crippen LogP contribution in [0, 0.1) is 5.92 Å². The minimum Gasteiger partial charge on any atom is -0.394 e. The SMILES string of the molecule is CCC(CO)(CO)NC(=O)CC(C)C. The Morgan fingerprint density at radius 1 is 1.36 bits per heavy atom. The molecule has 0 aliphatic carbocycles. The van der Waals surface area contributed by atoms with Gasteiger partial charge in [-0.15, -0.1) is 0 Å². The van der Waals surface area contributed by atoms with Gasteiger partial charge >= 0.3 is 0 Å². The first kappa shape index (κ1) is 13.4. The molecule has 0 aliphatic rings. The number of nitrogens with one attached hydrogen (secondary N) is 1. The van der Waals surface area contributed by atoms with Crippen LogP contribution >= 0.6 is 0 Å². The number of aliphatic hydroxyl groups excluding tert-OH is 2. The van der Waals surface area contributed by atoms with E-state index in [-0.39, 0.29) is 25.0 Å². The van der Waals surface area contributed by atoms with Crippen LogP contribution < -0.4 is 5.32 Å². The Morgan fingerprint density at radius 2 is 1.86 bits per heavy atom. The second-order valence-corrected chi connectivity index (χ2v) is 4.10. The normalized spacial score (nSPS) is 11.9. The zero-order valence-electron chi connectivity index (χ0n) is 9.21. The van der Waals surface area contributed by atoms with Crippen molar-refractivity contribution in [1.82, 2.24) is 5.32 Å². The Balaban J connectivity index is 4.22. The predicted molar refractivity (Wildman–Crippen MR) is 54.8 cm³/mol. The van der Waals surface area contributed by atoms with E-state index in [1.54, 1.807) is 0 Å². The van der Waals surface area contributed by atoms with Crippen LogP contribution in [0.2, 0.25) is 0 Å². The fraction of sp³-hybridized carbons (Fsp3) is 0.900. The van der Waals surface area contributed by atoms with Crippen molar-refractivity contribution in [3.8, 4) is 0 Å². The molecule has 0 aromatic carbocycles. The van der Waals surface area contributed by atoms with Gasteiger partial charge in [0.15, 0.2) is 0 Å². The number of hydrogen-bond acceptors (Lipinski definition) is 3. The molecule has 0 heterocycles. The van der Waals surface area contributed by atoms with Crippen molar-refractivity contribution in [3.63, 3.8) is 0 Å². The lowest BCUT2D eigenvalue weighted by Crippen LogP contribution is -2.54. The molecule has 0 aliphatic heterocycles. The van der Waals surface area contributed by atoms with Gasteiger partial charge in [-0.05, 0) is 12.3 Å². The Bertz CT molecular complexity index is 168. The van der Waals surface area contributed by atoms with Gasteiger partial charge in [-0.2, -0.15) is 0 Å². The highest BCUT2D eigenvalue weighted by Crippen LogP contribution is 2.09. The van der Waals surface area contributed by atoms with Crippen molar-refractivity contribution in [2.75, 3.05) is 13.2 Å². The lowest BCUT2D eigenvalue weighted by molar-refractivity contribution is -0.125. The highest BCUT2D eigenvalue weighted by Gasteiger charge is 2.28. The van der Waals surface area contributed by atoms with Crippen molar-refractivity contribution in [1.29, 1.82) is 0 Å². The summed E-state index contributed by atoms with van der Waals surface area (Å²) in [4.78, 5) is 11.4. The summed E-state index contributed by atoms with van der Waals surface area (Å²) in [5.41, 5.74) is -0.855. The van der Waals surface area contributed by atoms with Gasteiger partial charge in [0.2, 0.25) is 5.91 Å². The van der Waals surface area contributed by atoms with Crippen LogP contribution in [0.1, 0.15) is 33.6 Å². The molecule has 0 radical (unpaired) electrons. The molecule has 4 heteroatoms. The summed E-state index contributed by atoms with van der Waals surface area (Å²) in [6.45, 7) is 5.26. The van der Waals surface area contributed by atoms with E-state index < -0.39 is 5.54 Å². The molecule has 0 fully saturated rings. The highest BCUT2D eigenvalue weighted by atomic mass is 16.3. The van der Waals surface area contributed by atoms with Gasteiger partial charge in [0.1, 0.15) is 0 Å². The van der Waals surface area contributed by atoms with Crippen LogP contribution in [0.5, 0.6) is 0 Å². The fourth-order valence-electron chi connectivity index (χ4n) is 1.16. The van der Waals surface area contributed by atoms with Crippen LogP contribution in [-0.4, -0.2) is 34.9 Å². The first-order chi connectivity index (χ1) is 6.49. The third-order valence-corrected chi connectivity index (χ3v) is 2.28. The second kappa shape index (κ2) is 5.98. The molecule has 0 spiro atoms. The van der Waals surface area contributed by atoms with Gasteiger partial charge in [-0.1, -0.05) is 20.8 Å². The number of amides is 1. The van der Waals surface area contributed by atoms with E-state index in [1.807, 2.05) is 20.8 Å². The van der Waals surface area contributed by atoms with Gasteiger partial charge in [-0.25, -0.2) is 0 Å². The van der Waals surface area contributed by atoms with Crippen molar-refractivity contribution in [2.24, 2.45) is 5.92 Å². The number of aliphatic hydroxyl groups is 2. The second-order valence-electron chi connectivity index (χ2n) is 4.10. The van der Waals surface area contributed by atoms with Crippen molar-refractivity contribution in [3.05, 3.63) is 0 Å². The summed E-state index contributed by atoms with van der Waals surface area (Å²) in [5, 5.41) is 20.8. The molecule has 0 saturated heterocycles. The summed E-state index contributed by atoms with van der Waals surface area (Å²) in [7, 11) is 0. The summed E-state index contributed by atoms with van der Waals surface area (Å²) in [6.07, 6.45) is 0.936. The quantitative estimate of drug-likeness (QED) is 0.581. The maximum absolute atomic E-state index is 11.4. The molecule has 3 N–H and O–H groups in total. The van der Waals surface area contributed by atoms with Crippen molar-refractivity contribution in [2.45, 2.75) is 39.2 Å². The van der Waals surface area contributed by atoms with Crippen LogP contribution in [0.3, 0.4) is 0 Å². The smallest absolute Gasteiger partial charge is 0.220 e. The summed E-state index contributed by atoms with van der Waals surface area (Å²) < 4.78 is 0. The maximum Gasteiger partial charge on any atom is 0.220 e. The Kier molecular flexibility index (Phi) is 5.72. The van der Waals surface area contributed by atoms with Crippen molar-refractivity contribution < 1.29 is 15.0 Å².